The smallest absolute Gasteiger partial charge is 0.319 e. The fourth-order valence-electron chi connectivity index (χ4n) is 3.01. The van der Waals surface area contributed by atoms with Gasteiger partial charge in [-0.15, -0.1) is 0 Å². The van der Waals surface area contributed by atoms with Gasteiger partial charge in [-0.2, -0.15) is 23.5 Å². The lowest BCUT2D eigenvalue weighted by atomic mass is 10.1. The van der Waals surface area contributed by atoms with Crippen molar-refractivity contribution in [3.8, 4) is 0 Å². The molecule has 2 aliphatic heterocycles. The lowest BCUT2D eigenvalue weighted by Crippen LogP contribution is -2.36. The first-order chi connectivity index (χ1) is 11.7. The SMILES string of the molecule is O=C(NC[C@H]1CSCCS1)Nc1ccc(N2CCCCC2)c(Cl)c1. The fraction of sp³-hybridized carbons (Fsp3) is 0.588. The summed E-state index contributed by atoms with van der Waals surface area (Å²) in [4.78, 5) is 14.4. The maximum absolute atomic E-state index is 12.1. The van der Waals surface area contributed by atoms with Gasteiger partial charge in [0.05, 0.1) is 10.7 Å². The monoisotopic (exact) mass is 385 g/mol. The highest BCUT2D eigenvalue weighted by molar-refractivity contribution is 8.06. The third kappa shape index (κ3) is 5.14. The summed E-state index contributed by atoms with van der Waals surface area (Å²) in [5, 5.41) is 7.06. The molecule has 24 heavy (non-hydrogen) atoms. The number of thioether (sulfide) groups is 2. The standard InChI is InChI=1S/C17H24ClN3OS2/c18-15-10-13(4-5-16(15)21-6-2-1-3-7-21)20-17(22)19-11-14-12-23-8-9-24-14/h4-5,10,14H,1-3,6-9,11-12H2,(H2,19,20,22)/t14-/m0/s1. The lowest BCUT2D eigenvalue weighted by molar-refractivity contribution is 0.252. The minimum atomic E-state index is -0.159. The maximum Gasteiger partial charge on any atom is 0.319 e. The van der Waals surface area contributed by atoms with E-state index in [-0.39, 0.29) is 6.03 Å². The molecule has 7 heteroatoms. The molecule has 1 atom stereocenters. The van der Waals surface area contributed by atoms with Crippen LogP contribution in [0.4, 0.5) is 16.2 Å². The van der Waals surface area contributed by atoms with Crippen molar-refractivity contribution in [1.82, 2.24) is 5.32 Å². The first kappa shape index (κ1) is 18.1. The summed E-state index contributed by atoms with van der Waals surface area (Å²) < 4.78 is 0. The number of anilines is 2. The molecule has 0 saturated carbocycles. The van der Waals surface area contributed by atoms with Crippen LogP contribution in [0, 0.1) is 0 Å². The van der Waals surface area contributed by atoms with Crippen molar-refractivity contribution in [2.45, 2.75) is 24.5 Å². The third-order valence-electron chi connectivity index (χ3n) is 4.28. The van der Waals surface area contributed by atoms with Gasteiger partial charge in [0, 0.05) is 47.8 Å². The summed E-state index contributed by atoms with van der Waals surface area (Å²) in [5.41, 5.74) is 1.81. The van der Waals surface area contributed by atoms with Crippen LogP contribution in [0.5, 0.6) is 0 Å². The van der Waals surface area contributed by atoms with Gasteiger partial charge >= 0.3 is 6.03 Å². The molecule has 0 spiro atoms. The van der Waals surface area contributed by atoms with Crippen molar-refractivity contribution in [3.63, 3.8) is 0 Å². The number of rotatable bonds is 4. The number of nitrogens with zero attached hydrogens (tertiary/aromatic N) is 1. The van der Waals surface area contributed by atoms with Gasteiger partial charge in [0.15, 0.2) is 0 Å². The number of piperidine rings is 1. The van der Waals surface area contributed by atoms with Crippen molar-refractivity contribution in [3.05, 3.63) is 23.2 Å². The second-order valence-electron chi connectivity index (χ2n) is 6.12. The Balaban J connectivity index is 1.51. The molecule has 2 saturated heterocycles. The van der Waals surface area contributed by atoms with E-state index in [1.807, 2.05) is 41.7 Å². The minimum absolute atomic E-state index is 0.159. The molecular weight excluding hydrogens is 362 g/mol. The van der Waals surface area contributed by atoms with Crippen LogP contribution < -0.4 is 15.5 Å². The van der Waals surface area contributed by atoms with Crippen LogP contribution in [0.3, 0.4) is 0 Å². The van der Waals surface area contributed by atoms with Gasteiger partial charge in [-0.25, -0.2) is 4.79 Å². The second kappa shape index (κ2) is 9.11. The van der Waals surface area contributed by atoms with E-state index >= 15 is 0 Å². The molecule has 3 rings (SSSR count). The van der Waals surface area contributed by atoms with Crippen LogP contribution in [-0.2, 0) is 0 Å². The zero-order valence-electron chi connectivity index (χ0n) is 13.7. The number of carbonyl (C=O) groups is 1. The number of benzene rings is 1. The van der Waals surface area contributed by atoms with E-state index in [1.165, 1.54) is 30.8 Å². The van der Waals surface area contributed by atoms with Crippen LogP contribution in [0.15, 0.2) is 18.2 Å². The topological polar surface area (TPSA) is 44.4 Å². The second-order valence-corrected chi connectivity index (χ2v) is 9.08. The van der Waals surface area contributed by atoms with Crippen molar-refractivity contribution in [1.29, 1.82) is 0 Å². The Bertz CT molecular complexity index is 561. The number of hydrogen-bond acceptors (Lipinski definition) is 4. The molecule has 2 heterocycles. The Labute approximate surface area is 157 Å². The highest BCUT2D eigenvalue weighted by atomic mass is 35.5. The summed E-state index contributed by atoms with van der Waals surface area (Å²) in [7, 11) is 0. The van der Waals surface area contributed by atoms with Gasteiger partial charge in [-0.05, 0) is 37.5 Å². The van der Waals surface area contributed by atoms with E-state index in [9.17, 15) is 4.79 Å². The number of urea groups is 1. The van der Waals surface area contributed by atoms with E-state index < -0.39 is 0 Å². The van der Waals surface area contributed by atoms with Crippen molar-refractivity contribution < 1.29 is 4.79 Å². The van der Waals surface area contributed by atoms with Crippen LogP contribution in [0.2, 0.25) is 5.02 Å². The normalized spacial score (nSPS) is 21.4. The zero-order valence-corrected chi connectivity index (χ0v) is 16.1. The van der Waals surface area contributed by atoms with Crippen LogP contribution in [0.25, 0.3) is 0 Å². The summed E-state index contributed by atoms with van der Waals surface area (Å²) >= 11 is 10.3. The van der Waals surface area contributed by atoms with E-state index in [2.05, 4.69) is 15.5 Å². The molecule has 0 aromatic heterocycles. The Kier molecular flexibility index (Phi) is 6.86. The summed E-state index contributed by atoms with van der Waals surface area (Å²) in [5.74, 6) is 3.50. The number of halogens is 1. The van der Waals surface area contributed by atoms with Gasteiger partial charge < -0.3 is 15.5 Å². The van der Waals surface area contributed by atoms with E-state index in [1.54, 1.807) is 0 Å². The molecule has 2 amide bonds. The van der Waals surface area contributed by atoms with Crippen LogP contribution in [0.1, 0.15) is 19.3 Å². The Morgan fingerprint density at radius 3 is 2.79 bits per heavy atom. The Hall–Kier alpha value is -0.720. The van der Waals surface area contributed by atoms with Crippen molar-refractivity contribution in [2.24, 2.45) is 0 Å². The van der Waals surface area contributed by atoms with E-state index in [0.717, 1.165) is 30.2 Å². The largest absolute Gasteiger partial charge is 0.370 e. The molecule has 0 aliphatic carbocycles. The number of hydrogen-bond donors (Lipinski definition) is 2. The van der Waals surface area contributed by atoms with Crippen molar-refractivity contribution in [2.75, 3.05) is 47.1 Å². The predicted molar refractivity (Wildman–Crippen MR) is 108 cm³/mol. The summed E-state index contributed by atoms with van der Waals surface area (Å²) in [6.45, 7) is 2.83. The van der Waals surface area contributed by atoms with Gasteiger partial charge in [-0.1, -0.05) is 11.6 Å². The zero-order chi connectivity index (χ0) is 16.8. The maximum atomic E-state index is 12.1. The third-order valence-corrected chi connectivity index (χ3v) is 7.43. The van der Waals surface area contributed by atoms with Gasteiger partial charge in [0.2, 0.25) is 0 Å². The van der Waals surface area contributed by atoms with E-state index in [0.29, 0.717) is 16.8 Å². The average Bonchev–Trinajstić information content (AvgIpc) is 2.62. The highest BCUT2D eigenvalue weighted by Crippen LogP contribution is 2.30. The molecular formula is C17H24ClN3OS2. The Morgan fingerprint density at radius 2 is 2.08 bits per heavy atom. The highest BCUT2D eigenvalue weighted by Gasteiger charge is 2.16. The number of amides is 2. The first-order valence-electron chi connectivity index (χ1n) is 8.51. The molecule has 1 aromatic rings. The van der Waals surface area contributed by atoms with Gasteiger partial charge in [0.1, 0.15) is 0 Å². The predicted octanol–water partition coefficient (Wildman–Crippen LogP) is 4.30. The average molecular weight is 386 g/mol. The molecule has 132 valence electrons. The first-order valence-corrected chi connectivity index (χ1v) is 11.1. The fourth-order valence-corrected chi connectivity index (χ4v) is 5.92. The molecule has 0 bridgehead atoms. The van der Waals surface area contributed by atoms with Crippen molar-refractivity contribution >= 4 is 52.5 Å². The summed E-state index contributed by atoms with van der Waals surface area (Å²) in [6.07, 6.45) is 3.73. The molecule has 1 aromatic carbocycles. The minimum Gasteiger partial charge on any atom is -0.370 e. The molecule has 2 N–H and O–H groups in total. The van der Waals surface area contributed by atoms with Gasteiger partial charge in [0.25, 0.3) is 0 Å². The number of carbonyl (C=O) groups excluding carboxylic acids is 1. The Morgan fingerprint density at radius 1 is 1.25 bits per heavy atom. The van der Waals surface area contributed by atoms with E-state index in [4.69, 9.17) is 11.6 Å². The molecule has 4 nitrogen and oxygen atoms in total. The molecule has 0 unspecified atom stereocenters. The van der Waals surface area contributed by atoms with Gasteiger partial charge in [-0.3, -0.25) is 0 Å². The molecule has 2 fully saturated rings. The molecule has 2 aliphatic rings. The quantitative estimate of drug-likeness (QED) is 0.810. The van der Waals surface area contributed by atoms with Crippen LogP contribution >= 0.6 is 35.1 Å². The lowest BCUT2D eigenvalue weighted by Gasteiger charge is -2.29. The van der Waals surface area contributed by atoms with Crippen LogP contribution in [-0.4, -0.2) is 48.2 Å². The molecule has 0 radical (unpaired) electrons. The summed E-state index contributed by atoms with van der Waals surface area (Å²) in [6, 6.07) is 5.63. The number of nitrogens with one attached hydrogen (secondary N) is 2.